The summed E-state index contributed by atoms with van der Waals surface area (Å²) in [4.78, 5) is 14.2. The van der Waals surface area contributed by atoms with E-state index < -0.39 is 0 Å². The molecule has 5 nitrogen and oxygen atoms in total. The van der Waals surface area contributed by atoms with Gasteiger partial charge in [-0.25, -0.2) is 0 Å². The first-order chi connectivity index (χ1) is 12.2. The molecule has 1 aromatic carbocycles. The van der Waals surface area contributed by atoms with E-state index in [-0.39, 0.29) is 11.9 Å². The summed E-state index contributed by atoms with van der Waals surface area (Å²) in [6, 6.07) is 13.9. The zero-order chi connectivity index (χ0) is 17.6. The molecule has 0 radical (unpaired) electrons. The van der Waals surface area contributed by atoms with Gasteiger partial charge < -0.3 is 9.30 Å². The molecule has 1 fully saturated rings. The Morgan fingerprint density at radius 3 is 2.60 bits per heavy atom. The smallest absolute Gasteiger partial charge is 0.309 e. The highest BCUT2D eigenvalue weighted by molar-refractivity contribution is 5.72. The van der Waals surface area contributed by atoms with E-state index >= 15 is 0 Å². The molecule has 0 aliphatic carbocycles. The number of hydrogen-bond donors (Lipinski definition) is 0. The monoisotopic (exact) mass is 337 g/mol. The molecule has 0 spiro atoms. The number of aromatic nitrogens is 1. The van der Waals surface area contributed by atoms with E-state index in [2.05, 4.69) is 21.6 Å². The number of carbonyl (C=O) groups is 1. The van der Waals surface area contributed by atoms with Crippen molar-refractivity contribution in [2.75, 3.05) is 19.7 Å². The Morgan fingerprint density at radius 1 is 1.24 bits per heavy atom. The fourth-order valence-corrected chi connectivity index (χ4v) is 3.31. The van der Waals surface area contributed by atoms with Crippen LogP contribution < -0.4 is 0 Å². The van der Waals surface area contributed by atoms with E-state index in [1.54, 1.807) is 0 Å². The van der Waals surface area contributed by atoms with E-state index in [0.29, 0.717) is 12.2 Å². The van der Waals surface area contributed by atoms with Gasteiger partial charge in [-0.05, 0) is 69.3 Å². The van der Waals surface area contributed by atoms with E-state index in [0.717, 1.165) is 38.2 Å². The Kier molecular flexibility index (Phi) is 5.52. The molecule has 1 aliphatic rings. The molecule has 0 amide bonds. The molecule has 2 heterocycles. The van der Waals surface area contributed by atoms with Crippen LogP contribution >= 0.6 is 0 Å². The molecule has 25 heavy (non-hydrogen) atoms. The predicted octanol–water partition coefficient (Wildman–Crippen LogP) is 3.12. The van der Waals surface area contributed by atoms with Gasteiger partial charge in [0.25, 0.3) is 0 Å². The Morgan fingerprint density at radius 2 is 1.96 bits per heavy atom. The van der Waals surface area contributed by atoms with Crippen LogP contribution in [0.1, 0.15) is 31.0 Å². The van der Waals surface area contributed by atoms with Crippen molar-refractivity contribution in [2.45, 2.75) is 26.3 Å². The number of benzene rings is 1. The number of rotatable bonds is 5. The maximum absolute atomic E-state index is 11.8. The normalized spacial score (nSPS) is 15.7. The summed E-state index contributed by atoms with van der Waals surface area (Å²) in [5.74, 6) is -0.00961. The molecular weight excluding hydrogens is 314 g/mol. The highest BCUT2D eigenvalue weighted by atomic mass is 16.5. The Labute approximate surface area is 148 Å². The van der Waals surface area contributed by atoms with Gasteiger partial charge in [-0.15, -0.1) is 0 Å². The molecule has 0 saturated carbocycles. The van der Waals surface area contributed by atoms with Gasteiger partial charge in [0, 0.05) is 24.1 Å². The summed E-state index contributed by atoms with van der Waals surface area (Å²) in [6.45, 7) is 4.97. The van der Waals surface area contributed by atoms with E-state index in [1.807, 2.05) is 43.5 Å². The largest absolute Gasteiger partial charge is 0.466 e. The Bertz CT molecular complexity index is 750. The molecule has 0 unspecified atom stereocenters. The second-order valence-corrected chi connectivity index (χ2v) is 6.33. The fraction of sp³-hybridized carbons (Fsp3) is 0.400. The minimum atomic E-state index is -0.0527. The highest BCUT2D eigenvalue weighted by Gasteiger charge is 2.26. The zero-order valence-electron chi connectivity index (χ0n) is 14.5. The van der Waals surface area contributed by atoms with Crippen LogP contribution in [0.3, 0.4) is 0 Å². The number of hydrogen-bond acceptors (Lipinski definition) is 4. The minimum Gasteiger partial charge on any atom is -0.466 e. The van der Waals surface area contributed by atoms with E-state index in [9.17, 15) is 4.79 Å². The predicted molar refractivity (Wildman–Crippen MR) is 95.1 cm³/mol. The SMILES string of the molecule is CCOC(=O)C1CCN(Cc2cccn2-c2ccc(C#N)cc2)CC1. The van der Waals surface area contributed by atoms with Crippen LogP contribution in [0.2, 0.25) is 0 Å². The number of likely N-dealkylation sites (tertiary alicyclic amines) is 1. The van der Waals surface area contributed by atoms with Crippen LogP contribution in [0.5, 0.6) is 0 Å². The molecule has 1 aliphatic heterocycles. The van der Waals surface area contributed by atoms with E-state index in [4.69, 9.17) is 10.00 Å². The van der Waals surface area contributed by atoms with Crippen molar-refractivity contribution < 1.29 is 9.53 Å². The Hall–Kier alpha value is -2.58. The fourth-order valence-electron chi connectivity index (χ4n) is 3.31. The molecule has 0 atom stereocenters. The first kappa shape index (κ1) is 17.2. The average molecular weight is 337 g/mol. The van der Waals surface area contributed by atoms with Gasteiger partial charge in [-0.1, -0.05) is 0 Å². The molecular formula is C20H23N3O2. The second kappa shape index (κ2) is 8.00. The average Bonchev–Trinajstić information content (AvgIpc) is 3.10. The third-order valence-corrected chi connectivity index (χ3v) is 4.70. The lowest BCUT2D eigenvalue weighted by molar-refractivity contribution is -0.149. The summed E-state index contributed by atoms with van der Waals surface area (Å²) in [7, 11) is 0. The van der Waals surface area contributed by atoms with Crippen molar-refractivity contribution in [1.82, 2.24) is 9.47 Å². The van der Waals surface area contributed by atoms with Gasteiger partial charge in [-0.3, -0.25) is 9.69 Å². The van der Waals surface area contributed by atoms with Gasteiger partial charge in [0.05, 0.1) is 24.2 Å². The molecule has 0 N–H and O–H groups in total. The first-order valence-electron chi connectivity index (χ1n) is 8.77. The first-order valence-corrected chi connectivity index (χ1v) is 8.77. The number of esters is 1. The summed E-state index contributed by atoms with van der Waals surface area (Å²) in [6.07, 6.45) is 3.76. The van der Waals surface area contributed by atoms with Crippen LogP contribution in [0, 0.1) is 17.2 Å². The van der Waals surface area contributed by atoms with E-state index in [1.165, 1.54) is 5.69 Å². The van der Waals surface area contributed by atoms with Gasteiger partial charge in [0.15, 0.2) is 0 Å². The molecule has 2 aromatic rings. The van der Waals surface area contributed by atoms with Crippen LogP contribution in [-0.2, 0) is 16.1 Å². The lowest BCUT2D eigenvalue weighted by Gasteiger charge is -2.31. The molecule has 3 rings (SSSR count). The molecule has 0 bridgehead atoms. The summed E-state index contributed by atoms with van der Waals surface area (Å²) < 4.78 is 7.29. The van der Waals surface area contributed by atoms with Gasteiger partial charge >= 0.3 is 5.97 Å². The minimum absolute atomic E-state index is 0.0431. The highest BCUT2D eigenvalue weighted by Crippen LogP contribution is 2.22. The zero-order valence-corrected chi connectivity index (χ0v) is 14.5. The van der Waals surface area contributed by atoms with Crippen molar-refractivity contribution in [3.8, 4) is 11.8 Å². The number of nitrogens with zero attached hydrogens (tertiary/aromatic N) is 3. The topological polar surface area (TPSA) is 58.3 Å². The lowest BCUT2D eigenvalue weighted by atomic mass is 9.97. The van der Waals surface area contributed by atoms with Crippen LogP contribution in [0.4, 0.5) is 0 Å². The van der Waals surface area contributed by atoms with Crippen molar-refractivity contribution in [1.29, 1.82) is 5.26 Å². The molecule has 1 saturated heterocycles. The van der Waals surface area contributed by atoms with Gasteiger partial charge in [-0.2, -0.15) is 5.26 Å². The van der Waals surface area contributed by atoms with Crippen LogP contribution in [-0.4, -0.2) is 35.1 Å². The summed E-state index contributed by atoms with van der Waals surface area (Å²) in [5.41, 5.74) is 2.93. The number of nitriles is 1. The van der Waals surface area contributed by atoms with Gasteiger partial charge in [0.1, 0.15) is 0 Å². The van der Waals surface area contributed by atoms with Crippen LogP contribution in [0.25, 0.3) is 5.69 Å². The maximum Gasteiger partial charge on any atom is 0.309 e. The number of carbonyl (C=O) groups excluding carboxylic acids is 1. The molecule has 130 valence electrons. The third-order valence-electron chi connectivity index (χ3n) is 4.70. The Balaban J connectivity index is 1.62. The summed E-state index contributed by atoms with van der Waals surface area (Å²) in [5, 5.41) is 8.93. The van der Waals surface area contributed by atoms with Crippen molar-refractivity contribution >= 4 is 5.97 Å². The standard InChI is InChI=1S/C20H23N3O2/c1-2-25-20(24)17-9-12-22(13-10-17)15-19-4-3-11-23(19)18-7-5-16(14-21)6-8-18/h3-8,11,17H,2,9-10,12-13,15H2,1H3. The van der Waals surface area contributed by atoms with Gasteiger partial charge in [0.2, 0.25) is 0 Å². The molecule has 1 aromatic heterocycles. The quantitative estimate of drug-likeness (QED) is 0.787. The lowest BCUT2D eigenvalue weighted by Crippen LogP contribution is -2.36. The van der Waals surface area contributed by atoms with Crippen LogP contribution in [0.15, 0.2) is 42.6 Å². The third kappa shape index (κ3) is 4.09. The van der Waals surface area contributed by atoms with Crippen molar-refractivity contribution in [3.63, 3.8) is 0 Å². The van der Waals surface area contributed by atoms with Crippen molar-refractivity contribution in [3.05, 3.63) is 53.9 Å². The number of ether oxygens (including phenoxy) is 1. The number of piperidine rings is 1. The molecule has 5 heteroatoms. The van der Waals surface area contributed by atoms with Crippen molar-refractivity contribution in [2.24, 2.45) is 5.92 Å². The summed E-state index contributed by atoms with van der Waals surface area (Å²) >= 11 is 0. The second-order valence-electron chi connectivity index (χ2n) is 6.33. The maximum atomic E-state index is 11.8.